The first-order valence-electron chi connectivity index (χ1n) is 8.53. The van der Waals surface area contributed by atoms with E-state index < -0.39 is 24.2 Å². The Morgan fingerprint density at radius 2 is 1.50 bits per heavy atom. The van der Waals surface area contributed by atoms with Gasteiger partial charge in [0.05, 0.1) is 6.54 Å². The van der Waals surface area contributed by atoms with Crippen molar-refractivity contribution in [3.63, 3.8) is 0 Å². The number of nitrogens with one attached hydrogen (secondary N) is 1. The van der Waals surface area contributed by atoms with Crippen molar-refractivity contribution in [3.8, 4) is 0 Å². The number of nitrogens with two attached hydrogens (primary N) is 1. The van der Waals surface area contributed by atoms with Crippen LogP contribution in [0.15, 0.2) is 30.3 Å². The van der Waals surface area contributed by atoms with E-state index in [-0.39, 0.29) is 25.6 Å². The lowest BCUT2D eigenvalue weighted by Gasteiger charge is -2.16. The van der Waals surface area contributed by atoms with Gasteiger partial charge in [-0.25, -0.2) is 4.79 Å². The van der Waals surface area contributed by atoms with Gasteiger partial charge >= 0.3 is 6.09 Å². The minimum absolute atomic E-state index is 0.0169. The quantitative estimate of drug-likeness (QED) is 0.449. The summed E-state index contributed by atoms with van der Waals surface area (Å²) < 4.78 is 4.93. The summed E-state index contributed by atoms with van der Waals surface area (Å²) >= 11 is 0. The first-order valence-corrected chi connectivity index (χ1v) is 8.53. The van der Waals surface area contributed by atoms with E-state index >= 15 is 0 Å². The number of ether oxygens (including phenoxy) is 1. The van der Waals surface area contributed by atoms with Crippen molar-refractivity contribution in [2.24, 2.45) is 5.73 Å². The molecule has 1 aromatic rings. The Morgan fingerprint density at radius 3 is 1.93 bits per heavy atom. The molecule has 0 saturated heterocycles. The van der Waals surface area contributed by atoms with Crippen molar-refractivity contribution in [2.45, 2.75) is 18.8 Å². The van der Waals surface area contributed by atoms with Crippen molar-refractivity contribution in [2.75, 3.05) is 41.3 Å². The number of rotatable bonds is 7. The summed E-state index contributed by atoms with van der Waals surface area (Å²) in [6.07, 6.45) is -2.98. The van der Waals surface area contributed by atoms with Crippen LogP contribution in [0.25, 0.3) is 0 Å². The van der Waals surface area contributed by atoms with Crippen LogP contribution in [0.1, 0.15) is 5.56 Å². The van der Waals surface area contributed by atoms with Crippen LogP contribution in [0, 0.1) is 0 Å². The summed E-state index contributed by atoms with van der Waals surface area (Å²) in [6, 6.07) is 9.22. The molecular weight excluding hydrogens is 368 g/mol. The number of hydrogen-bond donors (Lipinski definition) is 4. The number of likely N-dealkylation sites (N-methyl/N-ethyl adjacent to an activating group) is 2. The molecule has 0 unspecified atom stereocenters. The fourth-order valence-electron chi connectivity index (χ4n) is 1.74. The third kappa shape index (κ3) is 10.5. The third-order valence-corrected chi connectivity index (χ3v) is 3.33. The molecule has 0 heterocycles. The Labute approximate surface area is 164 Å². The van der Waals surface area contributed by atoms with E-state index in [0.29, 0.717) is 0 Å². The molecule has 0 aliphatic rings. The Hall–Kier alpha value is -2.69. The van der Waals surface area contributed by atoms with Crippen molar-refractivity contribution in [3.05, 3.63) is 35.9 Å². The molecule has 2 atom stereocenters. The van der Waals surface area contributed by atoms with E-state index in [1.165, 1.54) is 23.9 Å². The highest BCUT2D eigenvalue weighted by molar-refractivity contribution is 5.81. The van der Waals surface area contributed by atoms with Crippen LogP contribution in [-0.4, -0.2) is 91.4 Å². The highest BCUT2D eigenvalue weighted by Crippen LogP contribution is 2.00. The zero-order valence-corrected chi connectivity index (χ0v) is 16.7. The van der Waals surface area contributed by atoms with E-state index in [1.54, 1.807) is 14.1 Å². The van der Waals surface area contributed by atoms with Crippen molar-refractivity contribution >= 4 is 17.9 Å². The number of benzene rings is 1. The minimum atomic E-state index is -1.26. The van der Waals surface area contributed by atoms with Crippen LogP contribution in [0.4, 0.5) is 4.79 Å². The smallest absolute Gasteiger partial charge is 0.407 e. The number of amides is 3. The normalized spacial score (nSPS) is 12.0. The largest absolute Gasteiger partial charge is 0.445 e. The number of aliphatic hydroxyl groups excluding tert-OH is 2. The van der Waals surface area contributed by atoms with Gasteiger partial charge in [-0.2, -0.15) is 0 Å². The number of alkyl carbamates (subject to hydrolysis) is 1. The van der Waals surface area contributed by atoms with Gasteiger partial charge in [0.15, 0.2) is 0 Å². The van der Waals surface area contributed by atoms with Crippen LogP contribution in [0.3, 0.4) is 0 Å². The van der Waals surface area contributed by atoms with Crippen LogP contribution >= 0.6 is 0 Å². The second kappa shape index (κ2) is 13.5. The molecule has 3 amide bonds. The van der Waals surface area contributed by atoms with Gasteiger partial charge in [0.1, 0.15) is 18.8 Å². The van der Waals surface area contributed by atoms with Crippen molar-refractivity contribution < 1.29 is 29.3 Å². The maximum Gasteiger partial charge on any atom is 0.407 e. The number of nitrogens with zero attached hydrogens (tertiary/aromatic N) is 2. The summed E-state index contributed by atoms with van der Waals surface area (Å²) in [5, 5.41) is 20.6. The molecule has 0 aliphatic carbocycles. The molecule has 0 fully saturated rings. The predicted octanol–water partition coefficient (Wildman–Crippen LogP) is -1.24. The SMILES string of the molecule is CN(C)C(=O)[C@@H](O)CN.CN(C)C(=O)[C@@H](O)CNC(=O)OCc1ccccc1. The molecule has 5 N–H and O–H groups in total. The molecule has 158 valence electrons. The number of aliphatic hydroxyl groups is 2. The zero-order valence-electron chi connectivity index (χ0n) is 16.7. The zero-order chi connectivity index (χ0) is 21.7. The molecule has 0 spiro atoms. The van der Waals surface area contributed by atoms with Gasteiger partial charge in [-0.3, -0.25) is 9.59 Å². The summed E-state index contributed by atoms with van der Waals surface area (Å²) in [5.74, 6) is -0.819. The average molecular weight is 398 g/mol. The Kier molecular flexibility index (Phi) is 12.2. The summed E-state index contributed by atoms with van der Waals surface area (Å²) in [7, 11) is 6.20. The fourth-order valence-corrected chi connectivity index (χ4v) is 1.74. The molecule has 0 bridgehead atoms. The van der Waals surface area contributed by atoms with Crippen LogP contribution in [0.5, 0.6) is 0 Å². The summed E-state index contributed by atoms with van der Waals surface area (Å²) in [5.41, 5.74) is 5.88. The lowest BCUT2D eigenvalue weighted by Crippen LogP contribution is -2.42. The van der Waals surface area contributed by atoms with Gasteiger partial charge in [-0.15, -0.1) is 0 Å². The first-order chi connectivity index (χ1) is 13.1. The molecule has 10 nitrogen and oxygen atoms in total. The van der Waals surface area contributed by atoms with Gasteiger partial charge in [-0.1, -0.05) is 30.3 Å². The van der Waals surface area contributed by atoms with Crippen LogP contribution in [-0.2, 0) is 20.9 Å². The number of hydrogen-bond acceptors (Lipinski definition) is 7. The molecule has 28 heavy (non-hydrogen) atoms. The predicted molar refractivity (Wildman–Crippen MR) is 103 cm³/mol. The van der Waals surface area contributed by atoms with E-state index in [2.05, 4.69) is 5.32 Å². The van der Waals surface area contributed by atoms with Crippen LogP contribution < -0.4 is 11.1 Å². The second-order valence-corrected chi connectivity index (χ2v) is 6.18. The molecule has 1 aromatic carbocycles. The Balaban J connectivity index is 0.000000684. The Bertz CT molecular complexity index is 609. The third-order valence-electron chi connectivity index (χ3n) is 3.33. The lowest BCUT2D eigenvalue weighted by molar-refractivity contribution is -0.137. The second-order valence-electron chi connectivity index (χ2n) is 6.18. The van der Waals surface area contributed by atoms with E-state index in [0.717, 1.165) is 5.56 Å². The average Bonchev–Trinajstić information content (AvgIpc) is 2.69. The maximum absolute atomic E-state index is 11.3. The molecule has 10 heteroatoms. The minimum Gasteiger partial charge on any atom is -0.445 e. The first kappa shape index (κ1) is 25.3. The van der Waals surface area contributed by atoms with Gasteiger partial charge in [-0.05, 0) is 5.56 Å². The fraction of sp³-hybridized carbons (Fsp3) is 0.500. The monoisotopic (exact) mass is 398 g/mol. The van der Waals surface area contributed by atoms with Gasteiger partial charge < -0.3 is 35.8 Å². The molecule has 1 rings (SSSR count). The van der Waals surface area contributed by atoms with Gasteiger partial charge in [0.25, 0.3) is 11.8 Å². The standard InChI is InChI=1S/C13H18N2O4.C5H12N2O2/c1-15(2)12(17)11(16)8-14-13(18)19-9-10-6-4-3-5-7-10;1-7(2)5(9)4(8)3-6/h3-7,11,16H,8-9H2,1-2H3,(H,14,18);4,8H,3,6H2,1-2H3/t11-;4-/m00/s1. The summed E-state index contributed by atoms with van der Waals surface area (Å²) in [4.78, 5) is 35.9. The van der Waals surface area contributed by atoms with Gasteiger partial charge in [0, 0.05) is 34.7 Å². The highest BCUT2D eigenvalue weighted by Gasteiger charge is 2.17. The van der Waals surface area contributed by atoms with Gasteiger partial charge in [0.2, 0.25) is 0 Å². The lowest BCUT2D eigenvalue weighted by atomic mass is 10.2. The summed E-state index contributed by atoms with van der Waals surface area (Å²) in [6.45, 7) is -0.0496. The van der Waals surface area contributed by atoms with E-state index in [4.69, 9.17) is 15.6 Å². The molecule has 0 saturated carbocycles. The Morgan fingerprint density at radius 1 is 1.00 bits per heavy atom. The number of carbonyl (C=O) groups excluding carboxylic acids is 3. The van der Waals surface area contributed by atoms with E-state index in [1.807, 2.05) is 30.3 Å². The molecule has 0 radical (unpaired) electrons. The highest BCUT2D eigenvalue weighted by atomic mass is 16.5. The molecular formula is C18H30N4O6. The topological polar surface area (TPSA) is 145 Å². The van der Waals surface area contributed by atoms with E-state index in [9.17, 15) is 19.5 Å². The van der Waals surface area contributed by atoms with Crippen molar-refractivity contribution in [1.82, 2.24) is 15.1 Å². The molecule has 0 aromatic heterocycles. The maximum atomic E-state index is 11.3. The van der Waals surface area contributed by atoms with Crippen LogP contribution in [0.2, 0.25) is 0 Å². The number of carbonyl (C=O) groups is 3. The molecule has 0 aliphatic heterocycles. The van der Waals surface area contributed by atoms with Crippen molar-refractivity contribution in [1.29, 1.82) is 0 Å².